The molecule has 2 aromatic rings. The molecule has 6 nitrogen and oxygen atoms in total. The van der Waals surface area contributed by atoms with Crippen molar-refractivity contribution in [3.63, 3.8) is 0 Å². The third-order valence-corrected chi connectivity index (χ3v) is 4.75. The van der Waals surface area contributed by atoms with Crippen molar-refractivity contribution in [2.45, 2.75) is 18.7 Å². The highest BCUT2D eigenvalue weighted by Crippen LogP contribution is 2.25. The lowest BCUT2D eigenvalue weighted by molar-refractivity contribution is 0.591. The lowest BCUT2D eigenvalue weighted by Gasteiger charge is -2.24. The van der Waals surface area contributed by atoms with E-state index in [1.807, 2.05) is 19.1 Å². The van der Waals surface area contributed by atoms with E-state index in [-0.39, 0.29) is 10.8 Å². The monoisotopic (exact) mass is 292 g/mol. The lowest BCUT2D eigenvalue weighted by Crippen LogP contribution is -2.31. The van der Waals surface area contributed by atoms with Crippen LogP contribution < -0.4 is 10.0 Å². The second-order valence-electron chi connectivity index (χ2n) is 4.23. The number of aromatic nitrogens is 2. The molecule has 1 aromatic heterocycles. The van der Waals surface area contributed by atoms with Crippen molar-refractivity contribution in [2.75, 3.05) is 16.6 Å². The zero-order valence-corrected chi connectivity index (χ0v) is 12.1. The highest BCUT2D eigenvalue weighted by Gasteiger charge is 2.25. The molecule has 0 radical (unpaired) electrons. The van der Waals surface area contributed by atoms with Crippen LogP contribution in [0.4, 0.5) is 11.6 Å². The number of nitrogen functional groups attached to an aromatic ring is 1. The Hall–Kier alpha value is -2.15. The van der Waals surface area contributed by atoms with Crippen molar-refractivity contribution < 1.29 is 8.42 Å². The van der Waals surface area contributed by atoms with Gasteiger partial charge in [-0.2, -0.15) is 0 Å². The Labute approximate surface area is 118 Å². The molecule has 0 aliphatic heterocycles. The topological polar surface area (TPSA) is 89.2 Å². The van der Waals surface area contributed by atoms with E-state index >= 15 is 0 Å². The van der Waals surface area contributed by atoms with Gasteiger partial charge in [-0.05, 0) is 25.5 Å². The van der Waals surface area contributed by atoms with Crippen LogP contribution in [0, 0.1) is 6.92 Å². The molecule has 0 amide bonds. The van der Waals surface area contributed by atoms with E-state index in [1.54, 1.807) is 19.1 Å². The molecule has 7 heteroatoms. The van der Waals surface area contributed by atoms with Crippen molar-refractivity contribution in [3.05, 3.63) is 42.2 Å². The Morgan fingerprint density at radius 3 is 2.35 bits per heavy atom. The quantitative estimate of drug-likeness (QED) is 0.924. The maximum atomic E-state index is 12.6. The minimum Gasteiger partial charge on any atom is -0.368 e. The number of para-hydroxylation sites is 1. The predicted octanol–water partition coefficient (Wildman–Crippen LogP) is 1.58. The summed E-state index contributed by atoms with van der Waals surface area (Å²) in [6.45, 7) is 3.96. The molecular formula is C13H16N4O2S. The maximum Gasteiger partial charge on any atom is 0.267 e. The molecule has 1 aromatic carbocycles. The van der Waals surface area contributed by atoms with Gasteiger partial charge >= 0.3 is 0 Å². The van der Waals surface area contributed by atoms with Crippen LogP contribution in [0.15, 0.2) is 41.6 Å². The summed E-state index contributed by atoms with van der Waals surface area (Å²) in [5.41, 5.74) is 6.91. The highest BCUT2D eigenvalue weighted by molar-refractivity contribution is 7.92. The number of benzene rings is 1. The molecule has 20 heavy (non-hydrogen) atoms. The first kappa shape index (κ1) is 14.3. The second-order valence-corrected chi connectivity index (χ2v) is 6.10. The van der Waals surface area contributed by atoms with Gasteiger partial charge in [-0.1, -0.05) is 18.2 Å². The number of nitrogens with zero attached hydrogens (tertiary/aromatic N) is 3. The van der Waals surface area contributed by atoms with Gasteiger partial charge in [0.05, 0.1) is 18.1 Å². The maximum absolute atomic E-state index is 12.6. The number of sulfonamides is 1. The van der Waals surface area contributed by atoms with Crippen LogP contribution in [-0.4, -0.2) is 24.9 Å². The molecule has 106 valence electrons. The Morgan fingerprint density at radius 1 is 1.20 bits per heavy atom. The van der Waals surface area contributed by atoms with Crippen molar-refractivity contribution >= 4 is 21.7 Å². The van der Waals surface area contributed by atoms with Gasteiger partial charge in [-0.25, -0.2) is 18.4 Å². The van der Waals surface area contributed by atoms with Crippen LogP contribution >= 0.6 is 0 Å². The van der Waals surface area contributed by atoms with E-state index in [9.17, 15) is 8.42 Å². The molecule has 0 bridgehead atoms. The first-order valence-corrected chi connectivity index (χ1v) is 7.56. The summed E-state index contributed by atoms with van der Waals surface area (Å²) in [6.07, 6.45) is 2.44. The third-order valence-electron chi connectivity index (χ3n) is 2.91. The summed E-state index contributed by atoms with van der Waals surface area (Å²) in [5, 5.41) is 0. The Balaban J connectivity index is 2.51. The summed E-state index contributed by atoms with van der Waals surface area (Å²) in [7, 11) is -3.69. The number of hydrogen-bond acceptors (Lipinski definition) is 5. The van der Waals surface area contributed by atoms with E-state index in [0.717, 1.165) is 5.56 Å². The summed E-state index contributed by atoms with van der Waals surface area (Å²) >= 11 is 0. The summed E-state index contributed by atoms with van der Waals surface area (Å²) in [4.78, 5) is 7.50. The van der Waals surface area contributed by atoms with Crippen molar-refractivity contribution in [1.29, 1.82) is 0 Å². The highest BCUT2D eigenvalue weighted by atomic mass is 32.2. The van der Waals surface area contributed by atoms with E-state index in [0.29, 0.717) is 12.2 Å². The van der Waals surface area contributed by atoms with Crippen LogP contribution in [0.5, 0.6) is 0 Å². The fourth-order valence-corrected chi connectivity index (χ4v) is 3.33. The van der Waals surface area contributed by atoms with Crippen molar-refractivity contribution in [2.24, 2.45) is 0 Å². The van der Waals surface area contributed by atoms with Gasteiger partial charge in [0.1, 0.15) is 4.90 Å². The Kier molecular flexibility index (Phi) is 3.89. The average Bonchev–Trinajstić information content (AvgIpc) is 2.42. The lowest BCUT2D eigenvalue weighted by atomic mass is 10.2. The molecule has 0 aliphatic carbocycles. The zero-order chi connectivity index (χ0) is 14.8. The van der Waals surface area contributed by atoms with E-state index in [1.165, 1.54) is 16.7 Å². The Morgan fingerprint density at radius 2 is 1.80 bits per heavy atom. The van der Waals surface area contributed by atoms with Gasteiger partial charge in [-0.15, -0.1) is 0 Å². The molecule has 0 spiro atoms. The molecule has 0 aliphatic rings. The van der Waals surface area contributed by atoms with Crippen LogP contribution in [0.1, 0.15) is 12.5 Å². The molecular weight excluding hydrogens is 276 g/mol. The van der Waals surface area contributed by atoms with E-state index in [2.05, 4.69) is 9.97 Å². The van der Waals surface area contributed by atoms with Crippen LogP contribution in [-0.2, 0) is 10.0 Å². The number of anilines is 2. The van der Waals surface area contributed by atoms with Crippen LogP contribution in [0.2, 0.25) is 0 Å². The van der Waals surface area contributed by atoms with Gasteiger partial charge in [0.25, 0.3) is 10.0 Å². The minimum absolute atomic E-state index is 0.0248. The van der Waals surface area contributed by atoms with Gasteiger partial charge in [0, 0.05) is 6.54 Å². The van der Waals surface area contributed by atoms with Gasteiger partial charge in [0.15, 0.2) is 0 Å². The van der Waals surface area contributed by atoms with E-state index in [4.69, 9.17) is 5.73 Å². The fraction of sp³-hybridized carbons (Fsp3) is 0.231. The molecule has 0 fully saturated rings. The van der Waals surface area contributed by atoms with Crippen molar-refractivity contribution in [1.82, 2.24) is 9.97 Å². The number of rotatable bonds is 4. The van der Waals surface area contributed by atoms with E-state index < -0.39 is 10.0 Å². The van der Waals surface area contributed by atoms with Crippen molar-refractivity contribution in [3.8, 4) is 0 Å². The SMILES string of the molecule is CCN(c1ccccc1C)S(=O)(=O)c1cnc(N)nc1. The van der Waals surface area contributed by atoms with Crippen LogP contribution in [0.25, 0.3) is 0 Å². The smallest absolute Gasteiger partial charge is 0.267 e. The normalized spacial score (nSPS) is 11.3. The van der Waals surface area contributed by atoms with Gasteiger partial charge in [-0.3, -0.25) is 4.31 Å². The second kappa shape index (κ2) is 5.46. The molecule has 0 saturated heterocycles. The number of aryl methyl sites for hydroxylation is 1. The number of nitrogens with two attached hydrogens (primary N) is 1. The summed E-state index contributed by atoms with van der Waals surface area (Å²) in [6, 6.07) is 7.31. The first-order chi connectivity index (χ1) is 9.46. The molecule has 1 heterocycles. The minimum atomic E-state index is -3.69. The molecule has 2 rings (SSSR count). The summed E-state index contributed by atoms with van der Waals surface area (Å²) < 4.78 is 26.6. The first-order valence-electron chi connectivity index (χ1n) is 6.12. The molecule has 0 saturated carbocycles. The number of hydrogen-bond donors (Lipinski definition) is 1. The largest absolute Gasteiger partial charge is 0.368 e. The Bertz CT molecular complexity index is 699. The van der Waals surface area contributed by atoms with Crippen LogP contribution in [0.3, 0.4) is 0 Å². The predicted molar refractivity (Wildman–Crippen MR) is 77.8 cm³/mol. The van der Waals surface area contributed by atoms with Gasteiger partial charge < -0.3 is 5.73 Å². The molecule has 2 N–H and O–H groups in total. The molecule has 0 unspecified atom stereocenters. The third kappa shape index (κ3) is 2.57. The fourth-order valence-electron chi connectivity index (χ4n) is 1.90. The standard InChI is InChI=1S/C13H16N4O2S/c1-3-17(12-7-5-4-6-10(12)2)20(18,19)11-8-15-13(14)16-9-11/h4-9H,3H2,1-2H3,(H2,14,15,16). The average molecular weight is 292 g/mol. The zero-order valence-electron chi connectivity index (χ0n) is 11.3. The van der Waals surface area contributed by atoms with Gasteiger partial charge in [0.2, 0.25) is 5.95 Å². The molecule has 0 atom stereocenters. The summed E-state index contributed by atoms with van der Waals surface area (Å²) in [5.74, 6) is 0.0443.